The smallest absolute Gasteiger partial charge is 0.246 e. The molecule has 27 heteroatoms. The molecule has 4 aliphatic rings. The van der Waals surface area contributed by atoms with Gasteiger partial charge in [0.2, 0.25) is 59.1 Å². The van der Waals surface area contributed by atoms with Crippen LogP contribution in [0.15, 0.2) is 103 Å². The largest absolute Gasteiger partial charge is 0.497 e. The van der Waals surface area contributed by atoms with E-state index < -0.39 is 150 Å². The van der Waals surface area contributed by atoms with Crippen LogP contribution in [-0.2, 0) is 73.6 Å². The van der Waals surface area contributed by atoms with E-state index in [2.05, 4.69) is 47.2 Å². The molecule has 0 aliphatic carbocycles. The van der Waals surface area contributed by atoms with E-state index in [1.807, 2.05) is 24.3 Å². The predicted octanol–water partition coefficient (Wildman–Crippen LogP) is 4.16. The number of nitrogens with two attached hydrogens (primary N) is 2. The quantitative estimate of drug-likeness (QED) is 0.0574. The van der Waals surface area contributed by atoms with Gasteiger partial charge in [-0.05, 0) is 148 Å². The van der Waals surface area contributed by atoms with Crippen molar-refractivity contribution in [3.63, 3.8) is 0 Å². The Morgan fingerprint density at radius 1 is 0.673 bits per heavy atom. The fraction of sp³-hybridized carbons (Fsp3) is 0.437. The monoisotopic (exact) mass is 1350 g/mol. The molecule has 2 saturated heterocycles. The normalized spacial score (nSPS) is 25.0. The molecule has 2 bridgehead atoms. The minimum Gasteiger partial charge on any atom is -0.497 e. The Kier molecular flexibility index (Phi) is 24.2. The number of nitrogens with one attached hydrogen (secondary N) is 9. The van der Waals surface area contributed by atoms with Gasteiger partial charge in [-0.15, -0.1) is 0 Å². The van der Waals surface area contributed by atoms with Crippen LogP contribution in [0.25, 0.3) is 27.9 Å². The van der Waals surface area contributed by atoms with Gasteiger partial charge < -0.3 is 73.2 Å². The van der Waals surface area contributed by atoms with Crippen LogP contribution in [0, 0.1) is 11.6 Å². The highest BCUT2D eigenvalue weighted by Gasteiger charge is 2.49. The van der Waals surface area contributed by atoms with Crippen LogP contribution in [0.1, 0.15) is 113 Å². The highest BCUT2D eigenvalue weighted by atomic mass is 19.1. The predicted molar refractivity (Wildman–Crippen MR) is 360 cm³/mol. The minimum absolute atomic E-state index is 0.00210. The fourth-order valence-corrected chi connectivity index (χ4v) is 12.9. The van der Waals surface area contributed by atoms with E-state index in [0.717, 1.165) is 10.5 Å². The van der Waals surface area contributed by atoms with Gasteiger partial charge in [0, 0.05) is 79.3 Å². The first-order valence-corrected chi connectivity index (χ1v) is 33.2. The van der Waals surface area contributed by atoms with Crippen LogP contribution in [0.2, 0.25) is 0 Å². The number of ether oxygens (including phenoxy) is 1. The highest BCUT2D eigenvalue weighted by Crippen LogP contribution is 2.32. The van der Waals surface area contributed by atoms with Crippen molar-refractivity contribution in [2.24, 2.45) is 11.5 Å². The topological polar surface area (TPSA) is 354 Å². The molecule has 6 heterocycles. The van der Waals surface area contributed by atoms with Gasteiger partial charge in [-0.2, -0.15) is 0 Å². The zero-order chi connectivity index (χ0) is 70.4. The second-order valence-corrected chi connectivity index (χ2v) is 25.6. The van der Waals surface area contributed by atoms with Crippen LogP contribution in [0.4, 0.5) is 13.2 Å². The number of H-pyrrole nitrogens is 2. The maximum Gasteiger partial charge on any atom is 0.246 e. The molecule has 10 atom stereocenters. The first-order valence-electron chi connectivity index (χ1n) is 33.2. The molecule has 6 aromatic rings. The number of fused-ring (bicyclic) bond motifs is 29. The Hall–Kier alpha value is -10.1. The summed E-state index contributed by atoms with van der Waals surface area (Å²) in [6, 6.07) is 10.4. The van der Waals surface area contributed by atoms with Crippen molar-refractivity contribution in [3.8, 4) is 5.75 Å². The van der Waals surface area contributed by atoms with Crippen LogP contribution in [-0.4, -0.2) is 166 Å². The molecule has 2 fully saturated rings. The van der Waals surface area contributed by atoms with Gasteiger partial charge >= 0.3 is 0 Å². The second-order valence-electron chi connectivity index (χ2n) is 25.6. The van der Waals surface area contributed by atoms with E-state index in [1.54, 1.807) is 50.2 Å². The maximum absolute atomic E-state index is 16.1. The molecule has 0 radical (unpaired) electrons. The number of primary amides is 1. The SMILES string of the molecule is CC[C@@H]1NC(=O)[C@@H]2C[C@H](F)CN2C(=O)[C@H](Cc2c[nH]c3ccc(F)cc23)NC(=O)[C@H](Cc2c[nH]c3ccc(F)cc23)NC(=O)[C@@H](C)NC(=O)[C@H](CCCCN)NC(=O)CCCC=Cc2ccc(cc2)C[C@@H](C(N)=O)NC(=O)[C@]2(C)CCCN2C(=O)[C@H](Cc2ccc(OC)cc2)NC1=O. The summed E-state index contributed by atoms with van der Waals surface area (Å²) in [6.07, 6.45) is 5.98. The van der Waals surface area contributed by atoms with Crippen molar-refractivity contribution >= 4 is 87.0 Å². The van der Waals surface area contributed by atoms with Crippen molar-refractivity contribution in [2.45, 2.75) is 171 Å². The number of nitrogens with zero attached hydrogens (tertiary/aromatic N) is 2. The summed E-state index contributed by atoms with van der Waals surface area (Å²) in [5, 5.41) is 19.8. The highest BCUT2D eigenvalue weighted by molar-refractivity contribution is 6.00. The molecule has 98 heavy (non-hydrogen) atoms. The van der Waals surface area contributed by atoms with E-state index in [0.29, 0.717) is 88.5 Å². The molecule has 2 aromatic heterocycles. The summed E-state index contributed by atoms with van der Waals surface area (Å²) in [4.78, 5) is 153. The average molecular weight is 1350 g/mol. The number of carbonyl (C=O) groups is 10. The number of unbranched alkanes of at least 4 members (excludes halogenated alkanes) is 1. The van der Waals surface area contributed by atoms with Crippen LogP contribution in [0.3, 0.4) is 0 Å². The number of hydrogen-bond donors (Lipinski definition) is 11. The van der Waals surface area contributed by atoms with Gasteiger partial charge in [-0.25, -0.2) is 13.2 Å². The van der Waals surface area contributed by atoms with Gasteiger partial charge in [0.1, 0.15) is 77.4 Å². The Labute approximate surface area is 565 Å². The maximum atomic E-state index is 16.1. The molecule has 0 spiro atoms. The van der Waals surface area contributed by atoms with Crippen molar-refractivity contribution < 1.29 is 65.9 Å². The van der Waals surface area contributed by atoms with Gasteiger partial charge in [-0.1, -0.05) is 55.5 Å². The third-order valence-electron chi connectivity index (χ3n) is 18.5. The van der Waals surface area contributed by atoms with Crippen molar-refractivity contribution in [3.05, 3.63) is 143 Å². The molecule has 0 unspecified atom stereocenters. The van der Waals surface area contributed by atoms with Gasteiger partial charge in [0.25, 0.3) is 0 Å². The number of methoxy groups -OCH3 is 1. The summed E-state index contributed by atoms with van der Waals surface area (Å²) in [6.45, 7) is 4.23. The van der Waals surface area contributed by atoms with E-state index in [4.69, 9.17) is 16.2 Å². The lowest BCUT2D eigenvalue weighted by Crippen LogP contribution is -2.63. The van der Waals surface area contributed by atoms with Crippen LogP contribution < -0.4 is 53.4 Å². The first kappa shape index (κ1) is 72.2. The van der Waals surface area contributed by atoms with E-state index >= 15 is 18.8 Å². The van der Waals surface area contributed by atoms with Crippen molar-refractivity contribution in [1.82, 2.24) is 57.0 Å². The summed E-state index contributed by atoms with van der Waals surface area (Å²) >= 11 is 0. The van der Waals surface area contributed by atoms with E-state index in [-0.39, 0.29) is 51.5 Å². The molecule has 522 valence electrons. The molecule has 10 amide bonds. The molecule has 13 N–H and O–H groups in total. The minimum atomic E-state index is -1.81. The van der Waals surface area contributed by atoms with Gasteiger partial charge in [0.05, 0.1) is 13.7 Å². The van der Waals surface area contributed by atoms with Crippen molar-refractivity contribution in [2.75, 3.05) is 26.7 Å². The lowest BCUT2D eigenvalue weighted by atomic mass is 9.94. The number of aromatic amines is 2. The van der Waals surface area contributed by atoms with E-state index in [1.165, 1.54) is 67.7 Å². The number of amides is 10. The number of benzene rings is 4. The van der Waals surface area contributed by atoms with Crippen LogP contribution >= 0.6 is 0 Å². The summed E-state index contributed by atoms with van der Waals surface area (Å²) < 4.78 is 51.3. The third kappa shape index (κ3) is 17.9. The molecule has 24 nitrogen and oxygen atoms in total. The summed E-state index contributed by atoms with van der Waals surface area (Å²) in [5.74, 6) is -8.70. The van der Waals surface area contributed by atoms with E-state index in [9.17, 15) is 42.3 Å². The van der Waals surface area contributed by atoms with Crippen LogP contribution in [0.5, 0.6) is 5.75 Å². The molecular formula is C71H86F3N13O11. The van der Waals surface area contributed by atoms with Gasteiger partial charge in [0.15, 0.2) is 0 Å². The Morgan fingerprint density at radius 2 is 1.28 bits per heavy atom. The third-order valence-corrected chi connectivity index (χ3v) is 18.5. The van der Waals surface area contributed by atoms with Crippen molar-refractivity contribution in [1.29, 1.82) is 0 Å². The standard InChI is InChI=1S/C71H86F3N13O11/c1-5-52-64(91)83-58(31-43-19-23-49(98-4)24-20-43)69(96)87-29-11-27-71(87,3)70(97)85-56(62(76)89)30-42-17-15-41(16-18-42)12-7-6-8-14-61(88)80-55(13-9-10-28-75)65(92)79-40(2)63(90)82-57(32-44-37-77-53-25-21-46(72)34-50(44)53)66(93)84-59(33-45-38-78-54-26-22-47(73)35-51(45)54)68(95)86-39-48(74)36-60(86)67(94)81-52/h7,12,15-26,34-35,37-38,40,48,52,55-60,77-78H,5-6,8-11,13-14,27-33,36,39,75H2,1-4H3,(H2,76,89)(H,79,92)(H,80,88)(H,81,94)(H,82,90)(H,83,91)(H,84,93)(H,85,97)/t40-,48+,52+,55+,56+,57+,58+,59+,60+,71+/m1/s1. The zero-order valence-electron chi connectivity index (χ0n) is 55.3. The summed E-state index contributed by atoms with van der Waals surface area (Å²) in [7, 11) is 1.48. The Morgan fingerprint density at radius 3 is 1.90 bits per heavy atom. The number of alkyl halides is 1. The fourth-order valence-electron chi connectivity index (χ4n) is 12.9. The number of carbonyl (C=O) groups excluding carboxylic acids is 10. The van der Waals surface area contributed by atoms with Gasteiger partial charge in [-0.3, -0.25) is 47.9 Å². The lowest BCUT2D eigenvalue weighted by Gasteiger charge is -2.37. The Balaban J connectivity index is 1.05. The Bertz CT molecular complexity index is 3940. The number of aromatic nitrogens is 2. The molecule has 0 saturated carbocycles. The number of rotatable bonds is 13. The zero-order valence-corrected chi connectivity index (χ0v) is 55.3. The number of allylic oxidation sites excluding steroid dienone is 1. The average Bonchev–Trinajstić information content (AvgIpc) is 1.62. The molecule has 4 aliphatic heterocycles. The summed E-state index contributed by atoms with van der Waals surface area (Å²) in [5.41, 5.74) is 13.8. The second kappa shape index (κ2) is 32.8. The molecule has 10 rings (SSSR count). The number of hydrogen-bond acceptors (Lipinski definition) is 12. The first-order chi connectivity index (χ1) is 46.9. The number of halogens is 3. The lowest BCUT2D eigenvalue weighted by molar-refractivity contribution is -0.147. The molecular weight excluding hydrogens is 1270 g/mol. The molecule has 4 aromatic carbocycles.